The van der Waals surface area contributed by atoms with Crippen molar-refractivity contribution in [3.63, 3.8) is 0 Å². The molecule has 0 heterocycles. The summed E-state index contributed by atoms with van der Waals surface area (Å²) in [5.41, 5.74) is 0.264. The zero-order valence-corrected chi connectivity index (χ0v) is 11.6. The number of ether oxygens (including phenoxy) is 2. The van der Waals surface area contributed by atoms with Crippen molar-refractivity contribution in [3.05, 3.63) is 12.2 Å². The Kier molecular flexibility index (Phi) is 4.76. The monoisotopic (exact) mass is 242 g/mol. The van der Waals surface area contributed by atoms with E-state index in [2.05, 4.69) is 20.4 Å². The van der Waals surface area contributed by atoms with E-state index in [0.717, 1.165) is 25.7 Å². The summed E-state index contributed by atoms with van der Waals surface area (Å²) < 4.78 is 11.3. The minimum atomic E-state index is -0.871. The van der Waals surface area contributed by atoms with Crippen molar-refractivity contribution < 1.29 is 14.6 Å². The molecule has 0 aliphatic heterocycles. The summed E-state index contributed by atoms with van der Waals surface area (Å²) in [6.07, 6.45) is 3.39. The minimum absolute atomic E-state index is 0.102. The third-order valence-corrected chi connectivity index (χ3v) is 3.91. The van der Waals surface area contributed by atoms with Gasteiger partial charge in [0.25, 0.3) is 0 Å². The molecule has 1 rings (SSSR count). The summed E-state index contributed by atoms with van der Waals surface area (Å²) in [7, 11) is 1.71. The van der Waals surface area contributed by atoms with Gasteiger partial charge in [-0.1, -0.05) is 33.3 Å². The Bertz CT molecular complexity index is 265. The van der Waals surface area contributed by atoms with Crippen LogP contribution >= 0.6 is 0 Å². The van der Waals surface area contributed by atoms with Crippen molar-refractivity contribution >= 4 is 0 Å². The smallest absolute Gasteiger partial charge is 0.177 e. The second-order valence-corrected chi connectivity index (χ2v) is 5.83. The number of aliphatic hydroxyl groups is 1. The highest BCUT2D eigenvalue weighted by Gasteiger charge is 2.49. The van der Waals surface area contributed by atoms with Gasteiger partial charge in [0.1, 0.15) is 0 Å². The summed E-state index contributed by atoms with van der Waals surface area (Å²) in [6.45, 7) is 10.5. The third kappa shape index (κ3) is 3.09. The van der Waals surface area contributed by atoms with Crippen LogP contribution in [-0.4, -0.2) is 30.7 Å². The summed E-state index contributed by atoms with van der Waals surface area (Å²) >= 11 is 0. The van der Waals surface area contributed by atoms with Gasteiger partial charge in [-0.15, -0.1) is 0 Å². The van der Waals surface area contributed by atoms with Crippen LogP contribution in [0.4, 0.5) is 0 Å². The van der Waals surface area contributed by atoms with Crippen LogP contribution in [0.15, 0.2) is 12.2 Å². The molecule has 1 atom stereocenters. The van der Waals surface area contributed by atoms with Crippen LogP contribution in [0.5, 0.6) is 0 Å². The molecule has 100 valence electrons. The Morgan fingerprint density at radius 1 is 1.41 bits per heavy atom. The lowest BCUT2D eigenvalue weighted by molar-refractivity contribution is -0.216. The molecule has 0 bridgehead atoms. The Morgan fingerprint density at radius 3 is 2.35 bits per heavy atom. The maximum Gasteiger partial charge on any atom is 0.177 e. The number of rotatable bonds is 6. The number of methoxy groups -OCH3 is 1. The van der Waals surface area contributed by atoms with Gasteiger partial charge in [-0.05, 0) is 25.3 Å². The van der Waals surface area contributed by atoms with Gasteiger partial charge in [0.05, 0.1) is 12.2 Å². The van der Waals surface area contributed by atoms with Gasteiger partial charge < -0.3 is 14.6 Å². The first-order chi connectivity index (χ1) is 7.84. The fourth-order valence-electron chi connectivity index (χ4n) is 2.71. The molecule has 1 aliphatic rings. The zero-order chi connectivity index (χ0) is 13.1. The molecule has 0 radical (unpaired) electrons. The predicted octanol–water partition coefficient (Wildman–Crippen LogP) is 2.88. The van der Waals surface area contributed by atoms with E-state index in [4.69, 9.17) is 9.47 Å². The van der Waals surface area contributed by atoms with Gasteiger partial charge in [-0.2, -0.15) is 0 Å². The molecule has 0 aromatic carbocycles. The largest absolute Gasteiger partial charge is 0.384 e. The lowest BCUT2D eigenvalue weighted by Crippen LogP contribution is -2.49. The van der Waals surface area contributed by atoms with E-state index in [1.54, 1.807) is 14.0 Å². The van der Waals surface area contributed by atoms with Crippen molar-refractivity contribution in [2.45, 2.75) is 58.3 Å². The minimum Gasteiger partial charge on any atom is -0.384 e. The second kappa shape index (κ2) is 5.51. The Balaban J connectivity index is 2.85. The quantitative estimate of drug-likeness (QED) is 0.575. The van der Waals surface area contributed by atoms with E-state index < -0.39 is 6.29 Å². The van der Waals surface area contributed by atoms with Crippen LogP contribution in [0, 0.1) is 5.41 Å². The Morgan fingerprint density at radius 2 is 1.94 bits per heavy atom. The summed E-state index contributed by atoms with van der Waals surface area (Å²) in [5, 5.41) is 9.92. The molecule has 1 unspecified atom stereocenters. The van der Waals surface area contributed by atoms with Crippen LogP contribution in [-0.2, 0) is 9.47 Å². The van der Waals surface area contributed by atoms with Gasteiger partial charge in [-0.25, -0.2) is 0 Å². The van der Waals surface area contributed by atoms with E-state index in [0.29, 0.717) is 12.2 Å². The third-order valence-electron chi connectivity index (χ3n) is 3.91. The van der Waals surface area contributed by atoms with Gasteiger partial charge >= 0.3 is 0 Å². The fraction of sp³-hybridized carbons (Fsp3) is 0.857. The van der Waals surface area contributed by atoms with Crippen molar-refractivity contribution in [2.24, 2.45) is 5.41 Å². The lowest BCUT2D eigenvalue weighted by Gasteiger charge is -2.45. The summed E-state index contributed by atoms with van der Waals surface area (Å²) in [4.78, 5) is 0. The molecule has 3 nitrogen and oxygen atoms in total. The van der Waals surface area contributed by atoms with Gasteiger partial charge in [0, 0.05) is 12.5 Å². The van der Waals surface area contributed by atoms with E-state index in [1.807, 2.05) is 0 Å². The summed E-state index contributed by atoms with van der Waals surface area (Å²) in [5.74, 6) is 0. The molecular weight excluding hydrogens is 216 g/mol. The van der Waals surface area contributed by atoms with Crippen molar-refractivity contribution in [2.75, 3.05) is 13.7 Å². The molecule has 0 spiro atoms. The lowest BCUT2D eigenvalue weighted by atomic mass is 9.74. The maximum absolute atomic E-state index is 9.92. The number of hydrogen-bond acceptors (Lipinski definition) is 3. The van der Waals surface area contributed by atoms with Crippen LogP contribution in [0.3, 0.4) is 0 Å². The highest BCUT2D eigenvalue weighted by Crippen LogP contribution is 2.47. The predicted molar refractivity (Wildman–Crippen MR) is 68.8 cm³/mol. The molecule has 0 aromatic heterocycles. The SMILES string of the molecule is C=C(C)C(O)OC1(C(C)(C)COC)CCCC1. The molecule has 1 fully saturated rings. The summed E-state index contributed by atoms with van der Waals surface area (Å²) in [6, 6.07) is 0. The average Bonchev–Trinajstić information content (AvgIpc) is 2.67. The molecular formula is C14H26O3. The average molecular weight is 242 g/mol. The van der Waals surface area contributed by atoms with Crippen LogP contribution in [0.1, 0.15) is 46.5 Å². The van der Waals surface area contributed by atoms with Gasteiger partial charge in [0.15, 0.2) is 6.29 Å². The van der Waals surface area contributed by atoms with Crippen LogP contribution < -0.4 is 0 Å². The van der Waals surface area contributed by atoms with Gasteiger partial charge in [0.2, 0.25) is 0 Å². The Labute approximate surface area is 105 Å². The van der Waals surface area contributed by atoms with E-state index in [1.165, 1.54) is 0 Å². The van der Waals surface area contributed by atoms with Crippen LogP contribution in [0.2, 0.25) is 0 Å². The molecule has 1 aliphatic carbocycles. The van der Waals surface area contributed by atoms with Crippen LogP contribution in [0.25, 0.3) is 0 Å². The fourth-order valence-corrected chi connectivity index (χ4v) is 2.71. The van der Waals surface area contributed by atoms with Gasteiger partial charge in [-0.3, -0.25) is 0 Å². The first-order valence-electron chi connectivity index (χ1n) is 6.35. The molecule has 0 saturated heterocycles. The number of aliphatic hydroxyl groups excluding tert-OH is 1. The van der Waals surface area contributed by atoms with Crippen molar-refractivity contribution in [3.8, 4) is 0 Å². The second-order valence-electron chi connectivity index (χ2n) is 5.83. The van der Waals surface area contributed by atoms with E-state index in [-0.39, 0.29) is 11.0 Å². The zero-order valence-electron chi connectivity index (χ0n) is 11.6. The first-order valence-corrected chi connectivity index (χ1v) is 6.35. The van der Waals surface area contributed by atoms with Crippen molar-refractivity contribution in [1.29, 1.82) is 0 Å². The topological polar surface area (TPSA) is 38.7 Å². The normalized spacial score (nSPS) is 21.5. The Hall–Kier alpha value is -0.380. The molecule has 1 saturated carbocycles. The maximum atomic E-state index is 9.92. The molecule has 1 N–H and O–H groups in total. The highest BCUT2D eigenvalue weighted by atomic mass is 16.6. The molecule has 17 heavy (non-hydrogen) atoms. The molecule has 3 heteroatoms. The first kappa shape index (κ1) is 14.7. The standard InChI is InChI=1S/C14H26O3/c1-11(2)12(15)17-14(8-6-7-9-14)13(3,4)10-16-5/h12,15H,1,6-10H2,2-5H3. The van der Waals surface area contributed by atoms with E-state index >= 15 is 0 Å². The number of hydrogen-bond donors (Lipinski definition) is 1. The van der Waals surface area contributed by atoms with Crippen molar-refractivity contribution in [1.82, 2.24) is 0 Å². The molecule has 0 aromatic rings. The molecule has 0 amide bonds. The van der Waals surface area contributed by atoms with E-state index in [9.17, 15) is 5.11 Å². The highest BCUT2D eigenvalue weighted by molar-refractivity contribution is 5.02.